The van der Waals surface area contributed by atoms with Gasteiger partial charge in [0.1, 0.15) is 5.75 Å². The highest BCUT2D eigenvalue weighted by Crippen LogP contribution is 2.14. The third-order valence-electron chi connectivity index (χ3n) is 3.06. The van der Waals surface area contributed by atoms with Crippen LogP contribution in [0, 0.1) is 6.92 Å². The molecule has 24 heavy (non-hydrogen) atoms. The number of nitrogens with zero attached hydrogens (tertiary/aromatic N) is 1. The van der Waals surface area contributed by atoms with E-state index in [1.54, 1.807) is 24.3 Å². The van der Waals surface area contributed by atoms with Crippen molar-refractivity contribution in [2.45, 2.75) is 6.92 Å². The first-order chi connectivity index (χ1) is 11.5. The molecule has 0 atom stereocenters. The largest absolute Gasteiger partial charge is 0.484 e. The Bertz CT molecular complexity index is 742. The number of nitrogens with two attached hydrogens (primary N) is 1. The van der Waals surface area contributed by atoms with Gasteiger partial charge in [-0.05, 0) is 48.4 Å². The van der Waals surface area contributed by atoms with E-state index in [9.17, 15) is 9.59 Å². The SMILES string of the molecule is Cc1ccccc1NC(=O)COc1ccc(/C=N\NC(N)=O)cc1. The van der Waals surface area contributed by atoms with Crippen LogP contribution in [0.2, 0.25) is 0 Å². The fourth-order valence-corrected chi connectivity index (χ4v) is 1.87. The number of hydrogen-bond donors (Lipinski definition) is 3. The molecule has 0 aromatic heterocycles. The summed E-state index contributed by atoms with van der Waals surface area (Å²) in [5.74, 6) is 0.315. The Labute approximate surface area is 139 Å². The maximum atomic E-state index is 11.9. The number of primary amides is 1. The lowest BCUT2D eigenvalue weighted by molar-refractivity contribution is -0.118. The van der Waals surface area contributed by atoms with Crippen LogP contribution in [0.4, 0.5) is 10.5 Å². The zero-order chi connectivity index (χ0) is 17.4. The quantitative estimate of drug-likeness (QED) is 0.558. The predicted octanol–water partition coefficient (Wildman–Crippen LogP) is 2.01. The second-order valence-electron chi connectivity index (χ2n) is 4.96. The Balaban J connectivity index is 1.83. The Kier molecular flexibility index (Phi) is 5.90. The molecule has 0 saturated heterocycles. The highest BCUT2D eigenvalue weighted by Gasteiger charge is 2.05. The van der Waals surface area contributed by atoms with Crippen LogP contribution in [0.3, 0.4) is 0 Å². The van der Waals surface area contributed by atoms with Gasteiger partial charge < -0.3 is 15.8 Å². The first kappa shape index (κ1) is 17.0. The van der Waals surface area contributed by atoms with E-state index >= 15 is 0 Å². The molecule has 3 amide bonds. The van der Waals surface area contributed by atoms with Crippen molar-refractivity contribution in [3.05, 3.63) is 59.7 Å². The van der Waals surface area contributed by atoms with Gasteiger partial charge in [0, 0.05) is 5.69 Å². The normalized spacial score (nSPS) is 10.4. The Morgan fingerprint density at radius 1 is 1.17 bits per heavy atom. The molecule has 0 saturated carbocycles. The first-order valence-corrected chi connectivity index (χ1v) is 7.21. The Morgan fingerprint density at radius 2 is 1.88 bits per heavy atom. The molecular formula is C17H18N4O3. The minimum absolute atomic E-state index is 0.0923. The molecule has 0 aliphatic heterocycles. The van der Waals surface area contributed by atoms with E-state index in [1.165, 1.54) is 6.21 Å². The standard InChI is InChI=1S/C17H18N4O3/c1-12-4-2-3-5-15(12)20-16(22)11-24-14-8-6-13(7-9-14)10-19-21-17(18)23/h2-10H,11H2,1H3,(H,20,22)(H3,18,21,23)/b19-10-. The average Bonchev–Trinajstić information content (AvgIpc) is 2.56. The lowest BCUT2D eigenvalue weighted by atomic mass is 10.2. The van der Waals surface area contributed by atoms with Crippen LogP contribution in [-0.4, -0.2) is 24.8 Å². The van der Waals surface area contributed by atoms with Crippen molar-refractivity contribution in [2.24, 2.45) is 10.8 Å². The number of hydrogen-bond acceptors (Lipinski definition) is 4. The van der Waals surface area contributed by atoms with Gasteiger partial charge in [0.25, 0.3) is 5.91 Å². The Hall–Kier alpha value is -3.35. The lowest BCUT2D eigenvalue weighted by Gasteiger charge is -2.09. The number of ether oxygens (including phenoxy) is 1. The van der Waals surface area contributed by atoms with Gasteiger partial charge in [0.15, 0.2) is 6.61 Å². The fourth-order valence-electron chi connectivity index (χ4n) is 1.87. The molecule has 0 aliphatic carbocycles. The molecule has 0 bridgehead atoms. The van der Waals surface area contributed by atoms with Gasteiger partial charge in [0.2, 0.25) is 0 Å². The van der Waals surface area contributed by atoms with E-state index in [1.807, 2.05) is 31.2 Å². The van der Waals surface area contributed by atoms with Gasteiger partial charge in [-0.3, -0.25) is 4.79 Å². The topological polar surface area (TPSA) is 106 Å². The smallest absolute Gasteiger partial charge is 0.332 e. The van der Waals surface area contributed by atoms with Crippen LogP contribution in [0.25, 0.3) is 0 Å². The summed E-state index contributed by atoms with van der Waals surface area (Å²) >= 11 is 0. The van der Waals surface area contributed by atoms with Crippen LogP contribution < -0.4 is 21.2 Å². The van der Waals surface area contributed by atoms with Gasteiger partial charge in [-0.2, -0.15) is 5.10 Å². The number of rotatable bonds is 6. The van der Waals surface area contributed by atoms with E-state index in [0.717, 1.165) is 16.8 Å². The maximum absolute atomic E-state index is 11.9. The highest BCUT2D eigenvalue weighted by atomic mass is 16.5. The molecule has 2 aromatic carbocycles. The summed E-state index contributed by atoms with van der Waals surface area (Å²) < 4.78 is 5.43. The molecule has 0 unspecified atom stereocenters. The van der Waals surface area contributed by atoms with E-state index in [4.69, 9.17) is 10.5 Å². The van der Waals surface area contributed by atoms with E-state index in [0.29, 0.717) is 5.75 Å². The van der Waals surface area contributed by atoms with Crippen molar-refractivity contribution < 1.29 is 14.3 Å². The molecule has 7 nitrogen and oxygen atoms in total. The second kappa shape index (κ2) is 8.33. The van der Waals surface area contributed by atoms with Crippen molar-refractivity contribution >= 4 is 23.8 Å². The minimum Gasteiger partial charge on any atom is -0.484 e. The van der Waals surface area contributed by atoms with Gasteiger partial charge >= 0.3 is 6.03 Å². The molecule has 0 spiro atoms. The molecule has 0 aliphatic rings. The number of benzene rings is 2. The maximum Gasteiger partial charge on any atom is 0.332 e. The van der Waals surface area contributed by atoms with Crippen molar-refractivity contribution in [2.75, 3.05) is 11.9 Å². The van der Waals surface area contributed by atoms with Gasteiger partial charge in [-0.1, -0.05) is 18.2 Å². The van der Waals surface area contributed by atoms with Gasteiger partial charge in [0.05, 0.1) is 6.21 Å². The summed E-state index contributed by atoms with van der Waals surface area (Å²) in [5.41, 5.74) is 9.49. The van der Waals surface area contributed by atoms with Crippen LogP contribution in [0.15, 0.2) is 53.6 Å². The zero-order valence-electron chi connectivity index (χ0n) is 13.2. The van der Waals surface area contributed by atoms with Crippen molar-refractivity contribution in [3.8, 4) is 5.75 Å². The number of para-hydroxylation sites is 1. The zero-order valence-corrected chi connectivity index (χ0v) is 13.2. The number of nitrogens with one attached hydrogen (secondary N) is 2. The van der Waals surface area contributed by atoms with Crippen LogP contribution in [0.1, 0.15) is 11.1 Å². The Morgan fingerprint density at radius 3 is 2.54 bits per heavy atom. The summed E-state index contributed by atoms with van der Waals surface area (Å²) in [7, 11) is 0. The lowest BCUT2D eigenvalue weighted by Crippen LogP contribution is -2.24. The molecule has 7 heteroatoms. The van der Waals surface area contributed by atoms with E-state index in [-0.39, 0.29) is 12.5 Å². The third-order valence-corrected chi connectivity index (χ3v) is 3.06. The summed E-state index contributed by atoms with van der Waals surface area (Å²) in [6, 6.07) is 13.7. The summed E-state index contributed by atoms with van der Waals surface area (Å²) in [6.07, 6.45) is 1.44. The average molecular weight is 326 g/mol. The molecule has 124 valence electrons. The number of hydrazone groups is 1. The highest BCUT2D eigenvalue weighted by molar-refractivity contribution is 5.92. The van der Waals surface area contributed by atoms with Crippen LogP contribution in [0.5, 0.6) is 5.75 Å². The third kappa shape index (κ3) is 5.45. The van der Waals surface area contributed by atoms with E-state index < -0.39 is 6.03 Å². The van der Waals surface area contributed by atoms with Crippen molar-refractivity contribution in [1.29, 1.82) is 0 Å². The van der Waals surface area contributed by atoms with Crippen LogP contribution in [-0.2, 0) is 4.79 Å². The number of amides is 3. The minimum atomic E-state index is -0.731. The number of carbonyl (C=O) groups excluding carboxylic acids is 2. The molecule has 0 fully saturated rings. The molecule has 4 N–H and O–H groups in total. The summed E-state index contributed by atoms with van der Waals surface area (Å²) in [5, 5.41) is 6.44. The monoisotopic (exact) mass is 326 g/mol. The molecule has 0 heterocycles. The first-order valence-electron chi connectivity index (χ1n) is 7.21. The van der Waals surface area contributed by atoms with Crippen LogP contribution >= 0.6 is 0 Å². The second-order valence-corrected chi connectivity index (χ2v) is 4.96. The number of aryl methyl sites for hydroxylation is 1. The number of anilines is 1. The fraction of sp³-hybridized carbons (Fsp3) is 0.118. The molecular weight excluding hydrogens is 308 g/mol. The summed E-state index contributed by atoms with van der Waals surface area (Å²) in [6.45, 7) is 1.83. The van der Waals surface area contributed by atoms with Gasteiger partial charge in [-0.15, -0.1) is 0 Å². The van der Waals surface area contributed by atoms with Crippen molar-refractivity contribution in [1.82, 2.24) is 5.43 Å². The predicted molar refractivity (Wildman–Crippen MR) is 92.1 cm³/mol. The summed E-state index contributed by atoms with van der Waals surface area (Å²) in [4.78, 5) is 22.4. The number of urea groups is 1. The van der Waals surface area contributed by atoms with Gasteiger partial charge in [-0.25, -0.2) is 10.2 Å². The molecule has 2 aromatic rings. The van der Waals surface area contributed by atoms with E-state index in [2.05, 4.69) is 15.8 Å². The molecule has 0 radical (unpaired) electrons. The van der Waals surface area contributed by atoms with Crippen molar-refractivity contribution in [3.63, 3.8) is 0 Å². The molecule has 2 rings (SSSR count). The number of carbonyl (C=O) groups is 2.